The van der Waals surface area contributed by atoms with Crippen LogP contribution in [0.1, 0.15) is 11.1 Å². The minimum atomic E-state index is -0.460. The highest BCUT2D eigenvalue weighted by Gasteiger charge is 2.26. The maximum atomic E-state index is 11.2. The van der Waals surface area contributed by atoms with Crippen LogP contribution in [0.25, 0.3) is 0 Å². The number of hydrogen-bond donors (Lipinski definition) is 1. The Bertz CT molecular complexity index is 720. The molecule has 1 aromatic carbocycles. The van der Waals surface area contributed by atoms with Crippen LogP contribution in [-0.4, -0.2) is 16.5 Å². The van der Waals surface area contributed by atoms with Crippen molar-refractivity contribution in [3.63, 3.8) is 0 Å². The molecule has 6 nitrogen and oxygen atoms in total. The fourth-order valence-corrected chi connectivity index (χ4v) is 2.74. The Morgan fingerprint density at radius 1 is 1.43 bits per heavy atom. The average molecular weight is 305 g/mol. The van der Waals surface area contributed by atoms with Crippen LogP contribution in [0.5, 0.6) is 0 Å². The van der Waals surface area contributed by atoms with Crippen molar-refractivity contribution in [3.05, 3.63) is 56.7 Å². The molecule has 1 aliphatic heterocycles. The van der Waals surface area contributed by atoms with Gasteiger partial charge in [0.15, 0.2) is 0 Å². The zero-order chi connectivity index (χ0) is 15.0. The summed E-state index contributed by atoms with van der Waals surface area (Å²) in [6.07, 6.45) is 2.20. The fraction of sp³-hybridized carbons (Fsp3) is 0.214. The van der Waals surface area contributed by atoms with E-state index in [9.17, 15) is 10.1 Å². The third-order valence-corrected chi connectivity index (χ3v) is 3.83. The molecule has 7 heteroatoms. The number of hydrogen-bond acceptors (Lipinski definition) is 5. The number of rotatable bonds is 2. The van der Waals surface area contributed by atoms with E-state index in [4.69, 9.17) is 17.3 Å². The Kier molecular flexibility index (Phi) is 3.39. The molecular formula is C14H13ClN4O2. The summed E-state index contributed by atoms with van der Waals surface area (Å²) in [6, 6.07) is 7.12. The van der Waals surface area contributed by atoms with E-state index in [-0.39, 0.29) is 10.7 Å². The smallest absolute Gasteiger partial charge is 0.313 e. The van der Waals surface area contributed by atoms with Gasteiger partial charge in [0.25, 0.3) is 0 Å². The molecule has 0 unspecified atom stereocenters. The molecule has 0 aliphatic carbocycles. The van der Waals surface area contributed by atoms with Gasteiger partial charge >= 0.3 is 5.69 Å². The molecule has 0 atom stereocenters. The predicted molar refractivity (Wildman–Crippen MR) is 81.5 cm³/mol. The summed E-state index contributed by atoms with van der Waals surface area (Å²) in [5.41, 5.74) is 8.81. The number of benzene rings is 1. The Labute approximate surface area is 126 Å². The molecule has 2 heterocycles. The van der Waals surface area contributed by atoms with Crippen molar-refractivity contribution in [3.8, 4) is 0 Å². The van der Waals surface area contributed by atoms with Crippen LogP contribution in [0, 0.1) is 10.1 Å². The molecular weight excluding hydrogens is 292 g/mol. The second-order valence-corrected chi connectivity index (χ2v) is 5.35. The largest absolute Gasteiger partial charge is 0.398 e. The number of fused-ring (bicyclic) bond motifs is 1. The third-order valence-electron chi connectivity index (χ3n) is 3.62. The van der Waals surface area contributed by atoms with Crippen LogP contribution in [-0.2, 0) is 13.0 Å². The summed E-state index contributed by atoms with van der Waals surface area (Å²) < 4.78 is 0. The molecule has 1 aliphatic rings. The molecule has 0 amide bonds. The SMILES string of the molecule is Nc1cccc2c1CN(c1ncc(Cl)cc1[N+](=O)[O-])CC2. The minimum Gasteiger partial charge on any atom is -0.398 e. The quantitative estimate of drug-likeness (QED) is 0.524. The molecule has 0 spiro atoms. The molecule has 0 radical (unpaired) electrons. The number of anilines is 2. The van der Waals surface area contributed by atoms with Crippen molar-refractivity contribution < 1.29 is 4.92 Å². The summed E-state index contributed by atoms with van der Waals surface area (Å²) in [5.74, 6) is 0.332. The number of nitrogens with two attached hydrogens (primary N) is 1. The topological polar surface area (TPSA) is 85.3 Å². The van der Waals surface area contributed by atoms with E-state index in [1.807, 2.05) is 23.1 Å². The molecule has 1 aromatic heterocycles. The molecule has 2 N–H and O–H groups in total. The van der Waals surface area contributed by atoms with Gasteiger partial charge in [0.05, 0.1) is 9.95 Å². The predicted octanol–water partition coefficient (Wildman–Crippen LogP) is 2.79. The van der Waals surface area contributed by atoms with Crippen molar-refractivity contribution >= 4 is 28.8 Å². The average Bonchev–Trinajstić information content (AvgIpc) is 2.47. The molecule has 0 saturated heterocycles. The molecule has 0 bridgehead atoms. The van der Waals surface area contributed by atoms with Gasteiger partial charge < -0.3 is 10.6 Å². The van der Waals surface area contributed by atoms with E-state index in [2.05, 4.69) is 4.98 Å². The van der Waals surface area contributed by atoms with Gasteiger partial charge in [-0.15, -0.1) is 0 Å². The van der Waals surface area contributed by atoms with Crippen molar-refractivity contribution in [2.45, 2.75) is 13.0 Å². The van der Waals surface area contributed by atoms with Crippen LogP contribution in [0.15, 0.2) is 30.5 Å². The van der Waals surface area contributed by atoms with Gasteiger partial charge in [-0.25, -0.2) is 4.98 Å². The van der Waals surface area contributed by atoms with Crippen LogP contribution >= 0.6 is 11.6 Å². The van der Waals surface area contributed by atoms with Gasteiger partial charge in [0.1, 0.15) is 0 Å². The number of halogens is 1. The highest BCUT2D eigenvalue weighted by Crippen LogP contribution is 2.33. The summed E-state index contributed by atoms with van der Waals surface area (Å²) in [7, 11) is 0. The Morgan fingerprint density at radius 3 is 3.00 bits per heavy atom. The lowest BCUT2D eigenvalue weighted by Crippen LogP contribution is -2.32. The standard InChI is InChI=1S/C14H13ClN4O2/c15-10-6-13(19(20)21)14(17-7-10)18-5-4-9-2-1-3-12(16)11(9)8-18/h1-3,6-7H,4-5,8,16H2. The number of nitrogens with zero attached hydrogens (tertiary/aromatic N) is 3. The highest BCUT2D eigenvalue weighted by atomic mass is 35.5. The van der Waals surface area contributed by atoms with Crippen molar-refractivity contribution in [1.82, 2.24) is 4.98 Å². The van der Waals surface area contributed by atoms with E-state index in [1.54, 1.807) is 0 Å². The van der Waals surface area contributed by atoms with Gasteiger partial charge in [-0.05, 0) is 23.6 Å². The second kappa shape index (κ2) is 5.21. The first kappa shape index (κ1) is 13.6. The van der Waals surface area contributed by atoms with Crippen LogP contribution in [0.3, 0.4) is 0 Å². The van der Waals surface area contributed by atoms with Crippen molar-refractivity contribution in [2.24, 2.45) is 0 Å². The van der Waals surface area contributed by atoms with E-state index in [0.717, 1.165) is 12.0 Å². The zero-order valence-electron chi connectivity index (χ0n) is 11.1. The van der Waals surface area contributed by atoms with E-state index in [1.165, 1.54) is 17.8 Å². The Balaban J connectivity index is 2.00. The monoisotopic (exact) mass is 304 g/mol. The lowest BCUT2D eigenvalue weighted by atomic mass is 9.98. The van der Waals surface area contributed by atoms with E-state index < -0.39 is 4.92 Å². The Morgan fingerprint density at radius 2 is 2.24 bits per heavy atom. The van der Waals surface area contributed by atoms with E-state index >= 15 is 0 Å². The van der Waals surface area contributed by atoms with Gasteiger partial charge in [0, 0.05) is 31.0 Å². The highest BCUT2D eigenvalue weighted by molar-refractivity contribution is 6.30. The van der Waals surface area contributed by atoms with Crippen molar-refractivity contribution in [2.75, 3.05) is 17.2 Å². The number of nitro groups is 1. The lowest BCUT2D eigenvalue weighted by Gasteiger charge is -2.30. The molecule has 3 rings (SSSR count). The molecule has 2 aromatic rings. The number of aromatic nitrogens is 1. The molecule has 21 heavy (non-hydrogen) atoms. The summed E-state index contributed by atoms with van der Waals surface area (Å²) >= 11 is 5.80. The molecule has 0 saturated carbocycles. The lowest BCUT2D eigenvalue weighted by molar-refractivity contribution is -0.384. The van der Waals surface area contributed by atoms with E-state index in [0.29, 0.717) is 24.6 Å². The first-order valence-electron chi connectivity index (χ1n) is 6.47. The maximum absolute atomic E-state index is 11.2. The van der Waals surface area contributed by atoms with Crippen LogP contribution in [0.2, 0.25) is 5.02 Å². The van der Waals surface area contributed by atoms with Crippen LogP contribution < -0.4 is 10.6 Å². The number of nitrogen functional groups attached to an aromatic ring is 1. The zero-order valence-corrected chi connectivity index (χ0v) is 11.9. The fourth-order valence-electron chi connectivity index (χ4n) is 2.59. The second-order valence-electron chi connectivity index (χ2n) is 4.91. The van der Waals surface area contributed by atoms with Crippen molar-refractivity contribution in [1.29, 1.82) is 0 Å². The van der Waals surface area contributed by atoms with Gasteiger partial charge in [0.2, 0.25) is 5.82 Å². The summed E-state index contributed by atoms with van der Waals surface area (Å²) in [6.45, 7) is 1.17. The molecule has 0 fully saturated rings. The Hall–Kier alpha value is -2.34. The van der Waals surface area contributed by atoms with Crippen LogP contribution in [0.4, 0.5) is 17.2 Å². The summed E-state index contributed by atoms with van der Waals surface area (Å²) in [5, 5.41) is 11.4. The first-order valence-corrected chi connectivity index (χ1v) is 6.85. The number of pyridine rings is 1. The van der Waals surface area contributed by atoms with Gasteiger partial charge in [-0.3, -0.25) is 10.1 Å². The normalized spacial score (nSPS) is 13.9. The maximum Gasteiger partial charge on any atom is 0.313 e. The van der Waals surface area contributed by atoms with Gasteiger partial charge in [-0.2, -0.15) is 0 Å². The summed E-state index contributed by atoms with van der Waals surface area (Å²) in [4.78, 5) is 16.7. The minimum absolute atomic E-state index is 0.0829. The van der Waals surface area contributed by atoms with Gasteiger partial charge in [-0.1, -0.05) is 23.7 Å². The molecule has 108 valence electrons. The third kappa shape index (κ3) is 2.50. The first-order chi connectivity index (χ1) is 10.1.